The Morgan fingerprint density at radius 1 is 1.59 bits per heavy atom. The van der Waals surface area contributed by atoms with Crippen molar-refractivity contribution >= 4 is 27.5 Å². The minimum absolute atomic E-state index is 0.0419. The smallest absolute Gasteiger partial charge is 0.219 e. The van der Waals surface area contributed by atoms with E-state index in [0.717, 1.165) is 0 Å². The molecule has 4 nitrogen and oxygen atoms in total. The van der Waals surface area contributed by atoms with Gasteiger partial charge in [-0.05, 0) is 28.4 Å². The Kier molecular flexibility index (Phi) is 5.21. The normalized spacial score (nSPS) is 10.1. The zero-order chi connectivity index (χ0) is 12.8. The summed E-state index contributed by atoms with van der Waals surface area (Å²) in [4.78, 5) is 11.0. The molecule has 0 bridgehead atoms. The minimum Gasteiger partial charge on any atom is -0.490 e. The number of amides is 1. The van der Waals surface area contributed by atoms with Crippen molar-refractivity contribution in [1.29, 1.82) is 0 Å². The molecule has 0 aliphatic carbocycles. The van der Waals surface area contributed by atoms with Gasteiger partial charge in [0.1, 0.15) is 5.82 Å². The Morgan fingerprint density at radius 3 is 2.88 bits per heavy atom. The van der Waals surface area contributed by atoms with Crippen LogP contribution >= 0.6 is 15.9 Å². The molecule has 0 spiro atoms. The second-order valence-electron chi connectivity index (χ2n) is 3.43. The van der Waals surface area contributed by atoms with E-state index in [4.69, 9.17) is 10.5 Å². The summed E-state index contributed by atoms with van der Waals surface area (Å²) in [6.45, 7) is 0.349. The second kappa shape index (κ2) is 6.44. The van der Waals surface area contributed by atoms with E-state index in [-0.39, 0.29) is 11.6 Å². The molecular formula is C11H14BrFN2O2. The number of hydrogen-bond donors (Lipinski definition) is 2. The topological polar surface area (TPSA) is 64.3 Å². The lowest BCUT2D eigenvalue weighted by Crippen LogP contribution is -2.18. The molecule has 0 fully saturated rings. The van der Waals surface area contributed by atoms with Gasteiger partial charge in [-0.25, -0.2) is 4.39 Å². The monoisotopic (exact) mass is 304 g/mol. The number of ether oxygens (including phenoxy) is 1. The second-order valence-corrected chi connectivity index (χ2v) is 4.29. The number of nitrogen functional groups attached to an aromatic ring is 1. The Hall–Kier alpha value is -1.30. The molecule has 0 saturated carbocycles. The number of halogens is 2. The van der Waals surface area contributed by atoms with Gasteiger partial charge < -0.3 is 15.8 Å². The van der Waals surface area contributed by atoms with Crippen molar-refractivity contribution in [2.75, 3.05) is 19.4 Å². The fourth-order valence-corrected chi connectivity index (χ4v) is 1.83. The zero-order valence-electron chi connectivity index (χ0n) is 9.43. The van der Waals surface area contributed by atoms with Gasteiger partial charge in [-0.2, -0.15) is 0 Å². The molecule has 0 aliphatic rings. The van der Waals surface area contributed by atoms with Gasteiger partial charge in [-0.1, -0.05) is 0 Å². The fraction of sp³-hybridized carbons (Fsp3) is 0.364. The van der Waals surface area contributed by atoms with Crippen LogP contribution in [0.4, 0.5) is 10.1 Å². The van der Waals surface area contributed by atoms with E-state index in [1.807, 2.05) is 0 Å². The maximum atomic E-state index is 12.9. The Bertz CT molecular complexity index is 389. The van der Waals surface area contributed by atoms with Crippen molar-refractivity contribution in [2.45, 2.75) is 12.8 Å². The van der Waals surface area contributed by atoms with Crippen LogP contribution < -0.4 is 15.8 Å². The molecule has 0 heterocycles. The summed E-state index contributed by atoms with van der Waals surface area (Å²) in [5.74, 6) is -0.0601. The van der Waals surface area contributed by atoms with Gasteiger partial charge in [-0.3, -0.25) is 4.79 Å². The number of benzene rings is 1. The van der Waals surface area contributed by atoms with E-state index < -0.39 is 5.82 Å². The average molecular weight is 305 g/mol. The van der Waals surface area contributed by atoms with E-state index in [9.17, 15) is 9.18 Å². The highest BCUT2D eigenvalue weighted by Gasteiger charge is 2.08. The SMILES string of the molecule is CNC(=O)CCCOc1c(N)cc(F)cc1Br. The molecule has 0 aliphatic heterocycles. The third-order valence-electron chi connectivity index (χ3n) is 2.11. The van der Waals surface area contributed by atoms with E-state index in [1.54, 1.807) is 7.05 Å². The number of rotatable bonds is 5. The maximum Gasteiger partial charge on any atom is 0.219 e. The van der Waals surface area contributed by atoms with Gasteiger partial charge in [0.25, 0.3) is 0 Å². The van der Waals surface area contributed by atoms with E-state index in [1.165, 1.54) is 12.1 Å². The first-order valence-electron chi connectivity index (χ1n) is 5.12. The number of anilines is 1. The van der Waals surface area contributed by atoms with Crippen LogP contribution in [0.5, 0.6) is 5.75 Å². The molecule has 0 radical (unpaired) electrons. The molecule has 1 rings (SSSR count). The third-order valence-corrected chi connectivity index (χ3v) is 2.70. The van der Waals surface area contributed by atoms with Crippen LogP contribution in [0.1, 0.15) is 12.8 Å². The molecule has 0 saturated heterocycles. The predicted octanol–water partition coefficient (Wildman–Crippen LogP) is 2.08. The zero-order valence-corrected chi connectivity index (χ0v) is 11.0. The van der Waals surface area contributed by atoms with Gasteiger partial charge in [0, 0.05) is 19.5 Å². The molecule has 17 heavy (non-hydrogen) atoms. The standard InChI is InChI=1S/C11H14BrFN2O2/c1-15-10(16)3-2-4-17-11-8(12)5-7(13)6-9(11)14/h5-6H,2-4,14H2,1H3,(H,15,16). The highest BCUT2D eigenvalue weighted by atomic mass is 79.9. The number of nitrogens with one attached hydrogen (secondary N) is 1. The molecule has 6 heteroatoms. The number of nitrogens with two attached hydrogens (primary N) is 1. The molecule has 0 aromatic heterocycles. The van der Waals surface area contributed by atoms with Gasteiger partial charge in [-0.15, -0.1) is 0 Å². The van der Waals surface area contributed by atoms with Crippen LogP contribution in [0.2, 0.25) is 0 Å². The Labute approximate surface area is 107 Å². The molecule has 3 N–H and O–H groups in total. The molecule has 94 valence electrons. The van der Waals surface area contributed by atoms with Gasteiger partial charge >= 0.3 is 0 Å². The van der Waals surface area contributed by atoms with Crippen LogP contribution in [0.15, 0.2) is 16.6 Å². The quantitative estimate of drug-likeness (QED) is 0.646. The summed E-state index contributed by atoms with van der Waals surface area (Å²) < 4.78 is 18.8. The number of carbonyl (C=O) groups excluding carboxylic acids is 1. The van der Waals surface area contributed by atoms with E-state index >= 15 is 0 Å². The van der Waals surface area contributed by atoms with Crippen molar-refractivity contribution in [3.8, 4) is 5.75 Å². The molecule has 1 aromatic carbocycles. The highest BCUT2D eigenvalue weighted by molar-refractivity contribution is 9.10. The minimum atomic E-state index is -0.424. The van der Waals surface area contributed by atoms with E-state index in [0.29, 0.717) is 29.7 Å². The van der Waals surface area contributed by atoms with Crippen LogP contribution in [0.3, 0.4) is 0 Å². The predicted molar refractivity (Wildman–Crippen MR) is 67.3 cm³/mol. The fourth-order valence-electron chi connectivity index (χ4n) is 1.26. The largest absolute Gasteiger partial charge is 0.490 e. The van der Waals surface area contributed by atoms with Crippen molar-refractivity contribution < 1.29 is 13.9 Å². The van der Waals surface area contributed by atoms with Gasteiger partial charge in [0.2, 0.25) is 5.91 Å². The Morgan fingerprint density at radius 2 is 2.29 bits per heavy atom. The van der Waals surface area contributed by atoms with Crippen LogP contribution in [-0.2, 0) is 4.79 Å². The summed E-state index contributed by atoms with van der Waals surface area (Å²) in [5, 5.41) is 2.52. The van der Waals surface area contributed by atoms with Gasteiger partial charge in [0.15, 0.2) is 5.75 Å². The van der Waals surface area contributed by atoms with Crippen molar-refractivity contribution in [3.63, 3.8) is 0 Å². The lowest BCUT2D eigenvalue weighted by atomic mass is 10.3. The maximum absolute atomic E-state index is 12.9. The lowest BCUT2D eigenvalue weighted by Gasteiger charge is -2.10. The summed E-state index contributed by atoms with van der Waals surface area (Å²) in [6.07, 6.45) is 0.956. The number of carbonyl (C=O) groups is 1. The first-order chi connectivity index (χ1) is 8.04. The molecular weight excluding hydrogens is 291 g/mol. The van der Waals surface area contributed by atoms with Crippen molar-refractivity contribution in [3.05, 3.63) is 22.4 Å². The van der Waals surface area contributed by atoms with Crippen LogP contribution in [0, 0.1) is 5.82 Å². The van der Waals surface area contributed by atoms with Crippen molar-refractivity contribution in [2.24, 2.45) is 0 Å². The first kappa shape index (κ1) is 13.8. The highest BCUT2D eigenvalue weighted by Crippen LogP contribution is 2.32. The lowest BCUT2D eigenvalue weighted by molar-refractivity contribution is -0.120. The first-order valence-corrected chi connectivity index (χ1v) is 5.91. The summed E-state index contributed by atoms with van der Waals surface area (Å²) in [6, 6.07) is 2.48. The molecule has 0 unspecified atom stereocenters. The molecule has 0 atom stereocenters. The summed E-state index contributed by atoms with van der Waals surface area (Å²) >= 11 is 3.17. The number of hydrogen-bond acceptors (Lipinski definition) is 3. The van der Waals surface area contributed by atoms with Crippen molar-refractivity contribution in [1.82, 2.24) is 5.32 Å². The molecule has 1 aromatic rings. The molecule has 1 amide bonds. The van der Waals surface area contributed by atoms with E-state index in [2.05, 4.69) is 21.2 Å². The summed E-state index contributed by atoms with van der Waals surface area (Å²) in [7, 11) is 1.58. The van der Waals surface area contributed by atoms with Gasteiger partial charge in [0.05, 0.1) is 16.8 Å². The summed E-state index contributed by atoms with van der Waals surface area (Å²) in [5.41, 5.74) is 5.85. The average Bonchev–Trinajstić information content (AvgIpc) is 2.26. The third kappa shape index (κ3) is 4.22. The van der Waals surface area contributed by atoms with Crippen LogP contribution in [-0.4, -0.2) is 19.6 Å². The van der Waals surface area contributed by atoms with Crippen LogP contribution in [0.25, 0.3) is 0 Å². The Balaban J connectivity index is 2.50.